The number of nitrogens with one attached hydrogen (secondary N) is 2. The maximum absolute atomic E-state index is 14.2. The summed E-state index contributed by atoms with van der Waals surface area (Å²) >= 11 is 0. The van der Waals surface area contributed by atoms with Crippen LogP contribution < -0.4 is 20.6 Å². The number of aromatic amines is 1. The van der Waals surface area contributed by atoms with E-state index in [0.29, 0.717) is 85.6 Å². The molecule has 2 N–H and O–H groups in total. The number of alkyl halides is 3. The summed E-state index contributed by atoms with van der Waals surface area (Å²) in [6, 6.07) is 12.9. The standard InChI is InChI=1S/C43H46F3N9O6/c1-25(56)54-15-6-8-27(24-54)32-22-30(31-23-33(41(59)50(2)3)48-39(31)47-32)29-11-10-28(21-36(29)61-43(44,45)46)53-19-17-52(18-20-53)16-14-26-7-5-9-34-38(26)51(4)42(60)55(34)35-12-13-37(57)49-40(35)58/h5,7-11,21-23,35H,6,12-20,24H2,1-4H3,(H,47,48)(H,49,57,58). The van der Waals surface area contributed by atoms with Crippen molar-refractivity contribution in [2.75, 3.05) is 64.8 Å². The number of aryl methyl sites for hydroxylation is 1. The second kappa shape index (κ2) is 16.2. The van der Waals surface area contributed by atoms with Gasteiger partial charge in [-0.15, -0.1) is 13.2 Å². The van der Waals surface area contributed by atoms with Crippen molar-refractivity contribution in [3.8, 4) is 16.9 Å². The van der Waals surface area contributed by atoms with Crippen LogP contribution >= 0.6 is 0 Å². The van der Waals surface area contributed by atoms with Gasteiger partial charge in [-0.3, -0.25) is 38.5 Å². The average molecular weight is 842 g/mol. The molecule has 0 bridgehead atoms. The maximum Gasteiger partial charge on any atom is 0.573 e. The SMILES string of the molecule is CC(=O)N1CCC=C(c2cc(-c3ccc(N4CCN(CCc5cccc6c5n(C)c(=O)n6C5CCC(=O)NC5=O)CC4)cc3OC(F)(F)F)c3cc(C(=O)N(C)C)[nH]c3n2)C1. The minimum Gasteiger partial charge on any atom is -0.405 e. The van der Waals surface area contributed by atoms with E-state index in [0.717, 1.165) is 16.7 Å². The summed E-state index contributed by atoms with van der Waals surface area (Å²) in [5.74, 6) is -1.69. The first kappa shape index (κ1) is 41.3. The highest BCUT2D eigenvalue weighted by Gasteiger charge is 2.34. The van der Waals surface area contributed by atoms with Gasteiger partial charge in [-0.1, -0.05) is 18.2 Å². The number of piperidine rings is 1. The third-order valence-electron chi connectivity index (χ3n) is 11.8. The van der Waals surface area contributed by atoms with E-state index in [1.165, 1.54) is 22.5 Å². The number of anilines is 1. The van der Waals surface area contributed by atoms with Gasteiger partial charge < -0.3 is 24.4 Å². The Morgan fingerprint density at radius 1 is 0.984 bits per heavy atom. The lowest BCUT2D eigenvalue weighted by atomic mass is 9.97. The predicted octanol–water partition coefficient (Wildman–Crippen LogP) is 4.46. The summed E-state index contributed by atoms with van der Waals surface area (Å²) in [5.41, 5.74) is 4.75. The Morgan fingerprint density at radius 2 is 1.75 bits per heavy atom. The third-order valence-corrected chi connectivity index (χ3v) is 11.8. The highest BCUT2D eigenvalue weighted by Crippen LogP contribution is 2.41. The molecule has 0 spiro atoms. The van der Waals surface area contributed by atoms with Crippen molar-refractivity contribution >= 4 is 57.0 Å². The molecular weight excluding hydrogens is 796 g/mol. The molecule has 4 amide bonds. The molecule has 0 aliphatic carbocycles. The highest BCUT2D eigenvalue weighted by molar-refractivity contribution is 6.03. The minimum atomic E-state index is -5.01. The smallest absolute Gasteiger partial charge is 0.405 e. The van der Waals surface area contributed by atoms with Gasteiger partial charge in [-0.05, 0) is 66.3 Å². The van der Waals surface area contributed by atoms with Gasteiger partial charge in [-0.25, -0.2) is 9.78 Å². The zero-order valence-electron chi connectivity index (χ0n) is 34.3. The number of pyridine rings is 1. The number of ether oxygens (including phenoxy) is 1. The number of carbonyl (C=O) groups is 4. The molecule has 2 fully saturated rings. The molecule has 320 valence electrons. The van der Waals surface area contributed by atoms with Gasteiger partial charge in [0.1, 0.15) is 23.1 Å². The maximum atomic E-state index is 14.2. The van der Waals surface area contributed by atoms with Gasteiger partial charge in [0.05, 0.1) is 16.7 Å². The molecule has 15 nitrogen and oxygen atoms in total. The summed E-state index contributed by atoms with van der Waals surface area (Å²) in [5, 5.41) is 2.78. The molecule has 6 heterocycles. The molecule has 18 heteroatoms. The highest BCUT2D eigenvalue weighted by atomic mass is 19.4. The Kier molecular flexibility index (Phi) is 11.0. The number of aromatic nitrogens is 4. The topological polar surface area (TPSA) is 158 Å². The van der Waals surface area contributed by atoms with E-state index in [9.17, 15) is 37.1 Å². The molecule has 2 saturated heterocycles. The van der Waals surface area contributed by atoms with E-state index in [1.54, 1.807) is 60.9 Å². The van der Waals surface area contributed by atoms with E-state index in [4.69, 9.17) is 9.72 Å². The normalized spacial score (nSPS) is 17.8. The van der Waals surface area contributed by atoms with Crippen molar-refractivity contribution in [3.63, 3.8) is 0 Å². The van der Waals surface area contributed by atoms with Crippen LogP contribution in [0.4, 0.5) is 18.9 Å². The number of benzene rings is 2. The molecule has 3 aliphatic heterocycles. The van der Waals surface area contributed by atoms with E-state index in [2.05, 4.69) is 15.2 Å². The molecule has 0 radical (unpaired) electrons. The van der Waals surface area contributed by atoms with Crippen molar-refractivity contribution in [2.24, 2.45) is 7.05 Å². The molecule has 61 heavy (non-hydrogen) atoms. The molecule has 1 atom stereocenters. The molecule has 1 unspecified atom stereocenters. The summed E-state index contributed by atoms with van der Waals surface area (Å²) in [7, 11) is 4.87. The number of nitrogens with zero attached hydrogens (tertiary/aromatic N) is 7. The van der Waals surface area contributed by atoms with Crippen LogP contribution in [0.25, 0.3) is 38.8 Å². The van der Waals surface area contributed by atoms with Gasteiger partial charge in [0.25, 0.3) is 5.91 Å². The number of piperazine rings is 1. The Morgan fingerprint density at radius 3 is 2.46 bits per heavy atom. The van der Waals surface area contributed by atoms with Crippen molar-refractivity contribution in [2.45, 2.75) is 45.0 Å². The first-order valence-electron chi connectivity index (χ1n) is 20.2. The van der Waals surface area contributed by atoms with Crippen molar-refractivity contribution in [3.05, 3.63) is 82.0 Å². The van der Waals surface area contributed by atoms with Gasteiger partial charge in [0, 0.05) is 103 Å². The molecule has 0 saturated carbocycles. The van der Waals surface area contributed by atoms with Crippen LogP contribution in [0.2, 0.25) is 0 Å². The zero-order valence-corrected chi connectivity index (χ0v) is 34.3. The van der Waals surface area contributed by atoms with Gasteiger partial charge in [0.2, 0.25) is 17.7 Å². The Hall–Kier alpha value is -6.43. The summed E-state index contributed by atoms with van der Waals surface area (Å²) in [6.45, 7) is 5.25. The second-order valence-corrected chi connectivity index (χ2v) is 15.9. The number of para-hydroxylation sites is 1. The number of fused-ring (bicyclic) bond motifs is 2. The van der Waals surface area contributed by atoms with Crippen LogP contribution in [0.5, 0.6) is 5.75 Å². The van der Waals surface area contributed by atoms with E-state index < -0.39 is 24.1 Å². The lowest BCUT2D eigenvalue weighted by molar-refractivity contribution is -0.274. The fourth-order valence-corrected chi connectivity index (χ4v) is 8.64. The van der Waals surface area contributed by atoms with Crippen LogP contribution in [0, 0.1) is 0 Å². The monoisotopic (exact) mass is 841 g/mol. The summed E-state index contributed by atoms with van der Waals surface area (Å²) < 4.78 is 50.2. The largest absolute Gasteiger partial charge is 0.573 e. The number of hydrogen-bond acceptors (Lipinski definition) is 9. The van der Waals surface area contributed by atoms with Gasteiger partial charge in [0.15, 0.2) is 0 Å². The van der Waals surface area contributed by atoms with E-state index in [1.807, 2.05) is 23.1 Å². The molecular formula is C43H46F3N9O6. The zero-order chi connectivity index (χ0) is 43.3. The van der Waals surface area contributed by atoms with Crippen LogP contribution in [0.1, 0.15) is 54.0 Å². The van der Waals surface area contributed by atoms with Crippen LogP contribution in [0.15, 0.2) is 59.4 Å². The van der Waals surface area contributed by atoms with Gasteiger partial charge >= 0.3 is 12.1 Å². The predicted molar refractivity (Wildman–Crippen MR) is 222 cm³/mol. The second-order valence-electron chi connectivity index (χ2n) is 15.9. The molecule has 8 rings (SSSR count). The number of H-pyrrole nitrogens is 1. The van der Waals surface area contributed by atoms with Crippen molar-refractivity contribution in [1.82, 2.24) is 39.1 Å². The van der Waals surface area contributed by atoms with E-state index >= 15 is 0 Å². The third kappa shape index (κ3) is 8.23. The Bertz CT molecular complexity index is 2670. The number of halogens is 3. The van der Waals surface area contributed by atoms with Crippen LogP contribution in [-0.2, 0) is 27.9 Å². The molecule has 3 aliphatic rings. The fraction of sp³-hybridized carbons (Fsp3) is 0.395. The summed E-state index contributed by atoms with van der Waals surface area (Å²) in [4.78, 5) is 78.3. The van der Waals surface area contributed by atoms with Gasteiger partial charge in [-0.2, -0.15) is 0 Å². The number of imidazole rings is 1. The Balaban J connectivity index is 1.04. The quantitative estimate of drug-likeness (QED) is 0.205. The number of rotatable bonds is 9. The minimum absolute atomic E-state index is 0.104. The Labute approximate surface area is 348 Å². The van der Waals surface area contributed by atoms with E-state index in [-0.39, 0.29) is 54.1 Å². The van der Waals surface area contributed by atoms with Crippen molar-refractivity contribution < 1.29 is 37.1 Å². The molecule has 3 aromatic heterocycles. The van der Waals surface area contributed by atoms with Crippen LogP contribution in [-0.4, -0.2) is 124 Å². The number of hydrogen-bond donors (Lipinski definition) is 2. The number of imide groups is 1. The molecule has 5 aromatic rings. The molecule has 2 aromatic carbocycles. The fourth-order valence-electron chi connectivity index (χ4n) is 8.64. The first-order chi connectivity index (χ1) is 29.1. The van der Waals surface area contributed by atoms with Crippen LogP contribution in [0.3, 0.4) is 0 Å². The first-order valence-corrected chi connectivity index (χ1v) is 20.2. The number of carbonyl (C=O) groups excluding carboxylic acids is 4. The average Bonchev–Trinajstić information content (AvgIpc) is 3.77. The number of amides is 4. The van der Waals surface area contributed by atoms with Crippen molar-refractivity contribution in [1.29, 1.82) is 0 Å². The summed E-state index contributed by atoms with van der Waals surface area (Å²) in [6.07, 6.45) is -1.46. The lowest BCUT2D eigenvalue weighted by Gasteiger charge is -2.36. The lowest BCUT2D eigenvalue weighted by Crippen LogP contribution is -2.47.